The summed E-state index contributed by atoms with van der Waals surface area (Å²) in [5.74, 6) is -0.294. The molecule has 0 aliphatic heterocycles. The standard InChI is InChI=1S/C8H7Cl2IN4O/c9-4-1-3(11)2-5(10)6(4)14-7(12)15-8(13)16/h1-2H,(H5,12,13,14,15,16). The second-order valence-corrected chi connectivity index (χ2v) is 4.79. The van der Waals surface area contributed by atoms with Gasteiger partial charge in [0.15, 0.2) is 0 Å². The second kappa shape index (κ2) is 5.55. The van der Waals surface area contributed by atoms with E-state index in [1.54, 1.807) is 12.1 Å². The first-order valence-electron chi connectivity index (χ1n) is 3.96. The molecule has 0 saturated heterocycles. The van der Waals surface area contributed by atoms with Gasteiger partial charge in [0.2, 0.25) is 5.96 Å². The maximum Gasteiger partial charge on any atom is 0.318 e. The molecule has 0 heterocycles. The van der Waals surface area contributed by atoms with Gasteiger partial charge >= 0.3 is 6.03 Å². The van der Waals surface area contributed by atoms with Crippen LogP contribution < -0.4 is 16.4 Å². The minimum atomic E-state index is -0.838. The average molecular weight is 373 g/mol. The molecule has 16 heavy (non-hydrogen) atoms. The SMILES string of the molecule is N=C(NC(N)=O)Nc1c(Cl)cc(I)cc1Cl. The lowest BCUT2D eigenvalue weighted by atomic mass is 10.3. The van der Waals surface area contributed by atoms with Crippen molar-refractivity contribution in [2.75, 3.05) is 5.32 Å². The van der Waals surface area contributed by atoms with E-state index in [0.717, 1.165) is 3.57 Å². The summed E-state index contributed by atoms with van der Waals surface area (Å²) in [6.45, 7) is 0. The molecule has 5 nitrogen and oxygen atoms in total. The molecular formula is C8H7Cl2IN4O. The van der Waals surface area contributed by atoms with Crippen LogP contribution in [0, 0.1) is 8.98 Å². The molecular weight excluding hydrogens is 366 g/mol. The van der Waals surface area contributed by atoms with Crippen molar-refractivity contribution in [2.24, 2.45) is 5.73 Å². The van der Waals surface area contributed by atoms with Crippen molar-refractivity contribution < 1.29 is 4.79 Å². The van der Waals surface area contributed by atoms with Crippen LogP contribution in [0.3, 0.4) is 0 Å². The normalized spacial score (nSPS) is 9.69. The predicted octanol–water partition coefficient (Wildman–Crippen LogP) is 2.61. The van der Waals surface area contributed by atoms with Crippen LogP contribution >= 0.6 is 45.8 Å². The van der Waals surface area contributed by atoms with E-state index in [2.05, 4.69) is 33.2 Å². The third kappa shape index (κ3) is 3.69. The molecule has 2 amide bonds. The van der Waals surface area contributed by atoms with Crippen LogP contribution in [-0.2, 0) is 0 Å². The van der Waals surface area contributed by atoms with E-state index in [-0.39, 0.29) is 5.96 Å². The number of guanidine groups is 1. The Hall–Kier alpha value is -0.730. The molecule has 0 atom stereocenters. The molecule has 1 rings (SSSR count). The summed E-state index contributed by atoms with van der Waals surface area (Å²) in [6, 6.07) is 2.51. The Balaban J connectivity index is 2.89. The van der Waals surface area contributed by atoms with Crippen LogP contribution in [-0.4, -0.2) is 12.0 Å². The Morgan fingerprint density at radius 2 is 1.88 bits per heavy atom. The minimum absolute atomic E-state index is 0.294. The number of nitrogens with one attached hydrogen (secondary N) is 3. The summed E-state index contributed by atoms with van der Waals surface area (Å²) in [5.41, 5.74) is 5.20. The number of hydrogen-bond acceptors (Lipinski definition) is 2. The molecule has 1 aromatic carbocycles. The predicted molar refractivity (Wildman–Crippen MR) is 73.2 cm³/mol. The van der Waals surface area contributed by atoms with Crippen molar-refractivity contribution in [3.63, 3.8) is 0 Å². The molecule has 0 bridgehead atoms. The highest BCUT2D eigenvalue weighted by atomic mass is 127. The molecule has 0 aromatic heterocycles. The molecule has 86 valence electrons. The van der Waals surface area contributed by atoms with Crippen molar-refractivity contribution >= 4 is 63.5 Å². The average Bonchev–Trinajstić information content (AvgIpc) is 2.09. The van der Waals surface area contributed by atoms with Crippen LogP contribution in [0.5, 0.6) is 0 Å². The van der Waals surface area contributed by atoms with Crippen molar-refractivity contribution in [2.45, 2.75) is 0 Å². The van der Waals surface area contributed by atoms with E-state index in [0.29, 0.717) is 15.7 Å². The summed E-state index contributed by atoms with van der Waals surface area (Å²) in [4.78, 5) is 10.5. The number of rotatable bonds is 1. The maximum absolute atomic E-state index is 10.5. The minimum Gasteiger partial charge on any atom is -0.351 e. The van der Waals surface area contributed by atoms with Crippen LogP contribution in [0.1, 0.15) is 0 Å². The molecule has 0 unspecified atom stereocenters. The lowest BCUT2D eigenvalue weighted by Crippen LogP contribution is -2.38. The zero-order chi connectivity index (χ0) is 12.3. The van der Waals surface area contributed by atoms with E-state index in [1.807, 2.05) is 0 Å². The van der Waals surface area contributed by atoms with Gasteiger partial charge in [-0.05, 0) is 34.7 Å². The van der Waals surface area contributed by atoms with Gasteiger partial charge in [-0.3, -0.25) is 10.7 Å². The van der Waals surface area contributed by atoms with Crippen molar-refractivity contribution in [3.05, 3.63) is 25.7 Å². The Morgan fingerprint density at radius 1 is 1.38 bits per heavy atom. The molecule has 0 saturated carbocycles. The largest absolute Gasteiger partial charge is 0.351 e. The monoisotopic (exact) mass is 372 g/mol. The molecule has 0 radical (unpaired) electrons. The van der Waals surface area contributed by atoms with E-state index in [4.69, 9.17) is 34.3 Å². The van der Waals surface area contributed by atoms with Crippen molar-refractivity contribution in [1.29, 1.82) is 5.41 Å². The molecule has 5 N–H and O–H groups in total. The third-order valence-electron chi connectivity index (χ3n) is 1.51. The Morgan fingerprint density at radius 3 is 2.31 bits per heavy atom. The first-order valence-corrected chi connectivity index (χ1v) is 5.80. The van der Waals surface area contributed by atoms with Crippen LogP contribution in [0.25, 0.3) is 0 Å². The number of hydrogen-bond donors (Lipinski definition) is 4. The number of carbonyl (C=O) groups is 1. The first-order chi connectivity index (χ1) is 7.40. The fraction of sp³-hybridized carbons (Fsp3) is 0. The zero-order valence-electron chi connectivity index (χ0n) is 7.77. The number of amides is 2. The highest BCUT2D eigenvalue weighted by Crippen LogP contribution is 2.32. The zero-order valence-corrected chi connectivity index (χ0v) is 11.4. The Labute approximate surface area is 115 Å². The van der Waals surface area contributed by atoms with Gasteiger partial charge in [0, 0.05) is 3.57 Å². The fourth-order valence-electron chi connectivity index (χ4n) is 0.941. The summed E-state index contributed by atoms with van der Waals surface area (Å²) in [7, 11) is 0. The smallest absolute Gasteiger partial charge is 0.318 e. The number of nitrogens with two attached hydrogens (primary N) is 1. The maximum atomic E-state index is 10.5. The summed E-state index contributed by atoms with van der Waals surface area (Å²) in [6.07, 6.45) is 0. The Bertz CT molecular complexity index is 429. The first kappa shape index (κ1) is 13.3. The van der Waals surface area contributed by atoms with Crippen LogP contribution in [0.4, 0.5) is 10.5 Å². The van der Waals surface area contributed by atoms with Gasteiger partial charge in [0.05, 0.1) is 15.7 Å². The topological polar surface area (TPSA) is 91.0 Å². The van der Waals surface area contributed by atoms with E-state index >= 15 is 0 Å². The van der Waals surface area contributed by atoms with Gasteiger partial charge < -0.3 is 11.1 Å². The third-order valence-corrected chi connectivity index (χ3v) is 2.72. The highest BCUT2D eigenvalue weighted by molar-refractivity contribution is 14.1. The second-order valence-electron chi connectivity index (χ2n) is 2.73. The van der Waals surface area contributed by atoms with Crippen molar-refractivity contribution in [3.8, 4) is 0 Å². The van der Waals surface area contributed by atoms with Crippen LogP contribution in [0.2, 0.25) is 10.0 Å². The van der Waals surface area contributed by atoms with Gasteiger partial charge in [0.1, 0.15) is 0 Å². The molecule has 0 aliphatic rings. The molecule has 1 aromatic rings. The van der Waals surface area contributed by atoms with Gasteiger partial charge in [0.25, 0.3) is 0 Å². The number of anilines is 1. The summed E-state index contributed by atoms with van der Waals surface area (Å²) in [5, 5.41) is 12.7. The summed E-state index contributed by atoms with van der Waals surface area (Å²) >= 11 is 13.9. The quantitative estimate of drug-likeness (QED) is 0.346. The van der Waals surface area contributed by atoms with Gasteiger partial charge in [-0.25, -0.2) is 4.79 Å². The van der Waals surface area contributed by atoms with Gasteiger partial charge in [-0.2, -0.15) is 0 Å². The number of benzene rings is 1. The lowest BCUT2D eigenvalue weighted by Gasteiger charge is -2.11. The highest BCUT2D eigenvalue weighted by Gasteiger charge is 2.09. The van der Waals surface area contributed by atoms with E-state index in [1.165, 1.54) is 0 Å². The molecule has 0 spiro atoms. The van der Waals surface area contributed by atoms with Crippen molar-refractivity contribution in [1.82, 2.24) is 5.32 Å². The number of urea groups is 1. The van der Waals surface area contributed by atoms with E-state index < -0.39 is 6.03 Å². The van der Waals surface area contributed by atoms with Crippen LogP contribution in [0.15, 0.2) is 12.1 Å². The van der Waals surface area contributed by atoms with E-state index in [9.17, 15) is 4.79 Å². The Kier molecular flexibility index (Phi) is 4.63. The van der Waals surface area contributed by atoms with Gasteiger partial charge in [-0.1, -0.05) is 23.2 Å². The molecule has 0 aliphatic carbocycles. The fourth-order valence-corrected chi connectivity index (χ4v) is 2.51. The summed E-state index contributed by atoms with van der Waals surface area (Å²) < 4.78 is 0.868. The molecule has 0 fully saturated rings. The number of carbonyl (C=O) groups excluding carboxylic acids is 1. The molecule has 8 heteroatoms. The number of primary amides is 1. The number of halogens is 3. The lowest BCUT2D eigenvalue weighted by molar-refractivity contribution is 0.253. The van der Waals surface area contributed by atoms with Gasteiger partial charge in [-0.15, -0.1) is 0 Å².